The fraction of sp³-hybridized carbons (Fsp3) is 0.192. The quantitative estimate of drug-likeness (QED) is 0.373. The highest BCUT2D eigenvalue weighted by molar-refractivity contribution is 6.35. The molecule has 0 bridgehead atoms. The number of aryl methyl sites for hydroxylation is 1. The molecule has 3 heterocycles. The summed E-state index contributed by atoms with van der Waals surface area (Å²) in [5.41, 5.74) is 4.30. The molecule has 4 aromatic rings. The normalized spacial score (nSPS) is 13.7. The first-order valence-corrected chi connectivity index (χ1v) is 11.7. The van der Waals surface area contributed by atoms with Crippen LogP contribution in [-0.2, 0) is 19.6 Å². The van der Waals surface area contributed by atoms with Crippen LogP contribution in [0.5, 0.6) is 0 Å². The predicted molar refractivity (Wildman–Crippen MR) is 136 cm³/mol. The van der Waals surface area contributed by atoms with Crippen molar-refractivity contribution in [2.45, 2.75) is 26.6 Å². The van der Waals surface area contributed by atoms with Crippen molar-refractivity contribution in [3.63, 3.8) is 0 Å². The summed E-state index contributed by atoms with van der Waals surface area (Å²) in [4.78, 5) is 27.0. The molecule has 8 heteroatoms. The fourth-order valence-electron chi connectivity index (χ4n) is 4.27. The number of hydrogen-bond acceptors (Lipinski definition) is 5. The topological polar surface area (TPSA) is 54.3 Å². The Balaban J connectivity index is 1.60. The summed E-state index contributed by atoms with van der Waals surface area (Å²) in [5.74, 6) is 0.583. The minimum absolute atomic E-state index is 0.0413. The van der Waals surface area contributed by atoms with Crippen LogP contribution in [0.1, 0.15) is 22.4 Å². The Kier molecular flexibility index (Phi) is 6.37. The Morgan fingerprint density at radius 1 is 0.941 bits per heavy atom. The third-order valence-electron chi connectivity index (χ3n) is 5.89. The second kappa shape index (κ2) is 9.58. The summed E-state index contributed by atoms with van der Waals surface area (Å²) in [6.07, 6.45) is 4.12. The highest BCUT2D eigenvalue weighted by Gasteiger charge is 2.28. The summed E-state index contributed by atoms with van der Waals surface area (Å²) in [7, 11) is 0. The van der Waals surface area contributed by atoms with Crippen molar-refractivity contribution < 1.29 is 0 Å². The largest absolute Gasteiger partial charge is 0.298 e. The maximum Gasteiger partial charge on any atom is 0.259 e. The van der Waals surface area contributed by atoms with E-state index in [9.17, 15) is 4.79 Å². The van der Waals surface area contributed by atoms with Gasteiger partial charge >= 0.3 is 0 Å². The number of benzene rings is 2. The lowest BCUT2D eigenvalue weighted by Gasteiger charge is -2.38. The average molecular weight is 492 g/mol. The molecule has 0 amide bonds. The van der Waals surface area contributed by atoms with Crippen LogP contribution in [0, 0.1) is 6.92 Å². The Hall–Kier alpha value is -3.19. The summed E-state index contributed by atoms with van der Waals surface area (Å²) in [5, 5.41) is 1.05. The van der Waals surface area contributed by atoms with Gasteiger partial charge in [0.2, 0.25) is 5.95 Å². The second-order valence-electron chi connectivity index (χ2n) is 8.40. The zero-order valence-corrected chi connectivity index (χ0v) is 20.2. The molecule has 0 unspecified atom stereocenters. The molecule has 1 aliphatic rings. The van der Waals surface area contributed by atoms with E-state index in [0.717, 1.165) is 22.5 Å². The van der Waals surface area contributed by atoms with Gasteiger partial charge in [-0.2, -0.15) is 0 Å². The number of rotatable bonds is 5. The number of anilines is 2. The number of nitrogens with zero attached hydrogens (tertiary/aromatic N) is 5. The predicted octanol–water partition coefficient (Wildman–Crippen LogP) is 5.41. The van der Waals surface area contributed by atoms with Crippen LogP contribution < -0.4 is 10.5 Å². The van der Waals surface area contributed by atoms with Gasteiger partial charge in [-0.1, -0.05) is 59.6 Å². The lowest BCUT2D eigenvalue weighted by Crippen LogP contribution is -2.47. The molecule has 1 aliphatic heterocycles. The van der Waals surface area contributed by atoms with E-state index in [4.69, 9.17) is 28.2 Å². The summed E-state index contributed by atoms with van der Waals surface area (Å²) < 4.78 is 1.74. The molecule has 5 rings (SSSR count). The summed E-state index contributed by atoms with van der Waals surface area (Å²) >= 11 is 12.6. The van der Waals surface area contributed by atoms with Gasteiger partial charge in [0.1, 0.15) is 0 Å². The van der Waals surface area contributed by atoms with Gasteiger partial charge in [0.15, 0.2) is 0 Å². The van der Waals surface area contributed by atoms with Crippen molar-refractivity contribution in [3.8, 4) is 0 Å². The van der Waals surface area contributed by atoms with Gasteiger partial charge in [0.25, 0.3) is 5.56 Å². The molecule has 0 aliphatic carbocycles. The molecule has 0 N–H and O–H groups in total. The van der Waals surface area contributed by atoms with E-state index in [1.165, 1.54) is 0 Å². The molecule has 0 spiro atoms. The van der Waals surface area contributed by atoms with Crippen LogP contribution in [0.25, 0.3) is 0 Å². The smallest absolute Gasteiger partial charge is 0.259 e. The fourth-order valence-corrected chi connectivity index (χ4v) is 4.79. The summed E-state index contributed by atoms with van der Waals surface area (Å²) in [6.45, 7) is 3.47. The van der Waals surface area contributed by atoms with E-state index >= 15 is 0 Å². The first kappa shape index (κ1) is 22.6. The lowest BCUT2D eigenvalue weighted by atomic mass is 10.1. The van der Waals surface area contributed by atoms with Gasteiger partial charge in [-0.3, -0.25) is 24.1 Å². The maximum atomic E-state index is 13.8. The zero-order chi connectivity index (χ0) is 23.7. The number of fused-ring (bicyclic) bond motifs is 1. The molecule has 34 heavy (non-hydrogen) atoms. The third kappa shape index (κ3) is 4.71. The molecular formula is C26H23Cl2N5O. The van der Waals surface area contributed by atoms with E-state index < -0.39 is 0 Å². The van der Waals surface area contributed by atoms with Crippen molar-refractivity contribution >= 4 is 34.8 Å². The molecule has 0 saturated carbocycles. The Morgan fingerprint density at radius 2 is 1.68 bits per heavy atom. The molecule has 2 aromatic carbocycles. The molecule has 172 valence electrons. The highest BCUT2D eigenvalue weighted by atomic mass is 35.5. The van der Waals surface area contributed by atoms with Gasteiger partial charge < -0.3 is 0 Å². The van der Waals surface area contributed by atoms with Crippen molar-refractivity contribution in [2.24, 2.45) is 0 Å². The van der Waals surface area contributed by atoms with Crippen LogP contribution in [0.4, 0.5) is 11.6 Å². The van der Waals surface area contributed by atoms with Crippen molar-refractivity contribution in [3.05, 3.63) is 116 Å². The Bertz CT molecular complexity index is 1360. The van der Waals surface area contributed by atoms with Crippen molar-refractivity contribution in [2.75, 3.05) is 11.6 Å². The first-order valence-electron chi connectivity index (χ1n) is 11.0. The number of hydrogen-bond donors (Lipinski definition) is 0. The van der Waals surface area contributed by atoms with Crippen LogP contribution >= 0.6 is 23.2 Å². The number of halogens is 2. The van der Waals surface area contributed by atoms with Crippen LogP contribution in [-0.4, -0.2) is 26.1 Å². The SMILES string of the molecule is Cc1nc2n(c(=O)c1Cc1ccccc1)CN(Cc1cccnc1)CN2c1cc(Cl)cc(Cl)c1. The number of pyridine rings is 1. The molecule has 0 radical (unpaired) electrons. The van der Waals surface area contributed by atoms with Crippen molar-refractivity contribution in [1.82, 2.24) is 19.4 Å². The Morgan fingerprint density at radius 3 is 2.38 bits per heavy atom. The molecule has 2 aromatic heterocycles. The summed E-state index contributed by atoms with van der Waals surface area (Å²) in [6, 6.07) is 19.3. The van der Waals surface area contributed by atoms with Crippen LogP contribution in [0.2, 0.25) is 10.0 Å². The van der Waals surface area contributed by atoms with Crippen LogP contribution in [0.3, 0.4) is 0 Å². The van der Waals surface area contributed by atoms with Gasteiger partial charge in [0.05, 0.1) is 19.0 Å². The Labute approximate surface area is 208 Å². The van der Waals surface area contributed by atoms with Gasteiger partial charge in [-0.05, 0) is 42.3 Å². The van der Waals surface area contributed by atoms with E-state index in [2.05, 4.69) is 9.88 Å². The molecular weight excluding hydrogens is 469 g/mol. The molecule has 0 atom stereocenters. The average Bonchev–Trinajstić information content (AvgIpc) is 2.82. The minimum Gasteiger partial charge on any atom is -0.298 e. The van der Waals surface area contributed by atoms with Gasteiger partial charge in [-0.25, -0.2) is 4.98 Å². The highest BCUT2D eigenvalue weighted by Crippen LogP contribution is 2.32. The molecule has 0 saturated heterocycles. The second-order valence-corrected chi connectivity index (χ2v) is 9.27. The van der Waals surface area contributed by atoms with E-state index in [1.54, 1.807) is 16.8 Å². The minimum atomic E-state index is -0.0413. The van der Waals surface area contributed by atoms with Gasteiger partial charge in [-0.15, -0.1) is 0 Å². The molecule has 0 fully saturated rings. The molecule has 6 nitrogen and oxygen atoms in total. The number of aromatic nitrogens is 3. The maximum absolute atomic E-state index is 13.8. The van der Waals surface area contributed by atoms with E-state index in [1.807, 2.05) is 72.6 Å². The van der Waals surface area contributed by atoms with E-state index in [-0.39, 0.29) is 5.56 Å². The van der Waals surface area contributed by atoms with E-state index in [0.29, 0.717) is 47.9 Å². The van der Waals surface area contributed by atoms with Crippen LogP contribution in [0.15, 0.2) is 77.9 Å². The monoisotopic (exact) mass is 491 g/mol. The lowest BCUT2D eigenvalue weighted by molar-refractivity contribution is 0.189. The van der Waals surface area contributed by atoms with Crippen molar-refractivity contribution in [1.29, 1.82) is 0 Å². The van der Waals surface area contributed by atoms with Gasteiger partial charge in [0, 0.05) is 46.7 Å². The third-order valence-corrected chi connectivity index (χ3v) is 6.32. The zero-order valence-electron chi connectivity index (χ0n) is 18.7. The first-order chi connectivity index (χ1) is 16.5. The standard InChI is InChI=1S/C26H23Cl2N5O/c1-18-24(10-19-6-3-2-4-7-19)25(34)33-17-31(15-20-8-5-9-29-14-20)16-32(26(33)30-18)23-12-21(27)11-22(28)13-23/h2-9,11-14H,10,15-17H2,1H3.